The molecule has 0 N–H and O–H groups in total. The van der Waals surface area contributed by atoms with Crippen molar-refractivity contribution in [2.45, 2.75) is 70.8 Å². The Bertz CT molecular complexity index is 840. The first-order chi connectivity index (χ1) is 14.9. The number of carbonyl (C=O) groups is 1. The zero-order valence-electron chi connectivity index (χ0n) is 18.4. The number of unbranched alkanes of at least 4 members (excludes halogenated alkanes) is 2. The van der Waals surface area contributed by atoms with Crippen molar-refractivity contribution in [2.24, 2.45) is 11.8 Å². The topological polar surface area (TPSA) is 39.4 Å². The molecule has 0 amide bonds. The van der Waals surface area contributed by atoms with Crippen LogP contribution in [0.5, 0.6) is 0 Å². The predicted octanol–water partition coefficient (Wildman–Crippen LogP) is 6.86. The van der Waals surface area contributed by atoms with Crippen molar-refractivity contribution < 1.29 is 22.7 Å². The van der Waals surface area contributed by atoms with E-state index in [-0.39, 0.29) is 24.7 Å². The number of hydrogen-bond donors (Lipinski definition) is 0. The van der Waals surface area contributed by atoms with Crippen molar-refractivity contribution in [3.05, 3.63) is 65.6 Å². The summed E-state index contributed by atoms with van der Waals surface area (Å²) < 4.78 is 39.9. The second kappa shape index (κ2) is 10.7. The maximum Gasteiger partial charge on any atom is 0.303 e. The number of hydrogen-bond acceptors (Lipinski definition) is 3. The monoisotopic (exact) mass is 430 g/mol. The minimum absolute atomic E-state index is 0.0975. The average molecular weight is 431 g/mol. The molecule has 0 bridgehead atoms. The highest BCUT2D eigenvalue weighted by Gasteiger charge is 2.50. The van der Waals surface area contributed by atoms with E-state index in [1.54, 1.807) is 12.3 Å². The van der Waals surface area contributed by atoms with Crippen molar-refractivity contribution in [1.82, 2.24) is 0 Å². The van der Waals surface area contributed by atoms with Gasteiger partial charge in [0, 0.05) is 19.8 Å². The summed E-state index contributed by atoms with van der Waals surface area (Å²) in [5.41, 5.74) is 2.30. The number of halogens is 2. The van der Waals surface area contributed by atoms with Crippen LogP contribution in [0.4, 0.5) is 8.78 Å². The largest absolute Gasteiger partial charge is 0.469 e. The third-order valence-electron chi connectivity index (χ3n) is 6.04. The minimum Gasteiger partial charge on any atom is -0.469 e. The molecule has 0 aliphatic heterocycles. The predicted molar refractivity (Wildman–Crippen MR) is 118 cm³/mol. The van der Waals surface area contributed by atoms with Crippen molar-refractivity contribution in [3.63, 3.8) is 0 Å². The average Bonchev–Trinajstić information content (AvgIpc) is 3.23. The molecule has 1 saturated carbocycles. The Morgan fingerprint density at radius 1 is 1.23 bits per heavy atom. The van der Waals surface area contributed by atoms with Gasteiger partial charge in [0.1, 0.15) is 5.76 Å². The number of esters is 1. The van der Waals surface area contributed by atoms with Crippen LogP contribution >= 0.6 is 0 Å². The van der Waals surface area contributed by atoms with Crippen LogP contribution in [0.1, 0.15) is 62.8 Å². The smallest absolute Gasteiger partial charge is 0.303 e. The van der Waals surface area contributed by atoms with Gasteiger partial charge < -0.3 is 9.15 Å². The third-order valence-corrected chi connectivity index (χ3v) is 6.04. The zero-order valence-corrected chi connectivity index (χ0v) is 18.4. The second-order valence-corrected chi connectivity index (χ2v) is 8.56. The number of alkyl halides is 2. The van der Waals surface area contributed by atoms with Crippen molar-refractivity contribution in [2.75, 3.05) is 0 Å². The van der Waals surface area contributed by atoms with Gasteiger partial charge in [-0.25, -0.2) is 8.78 Å². The number of rotatable bonds is 9. The molecule has 1 heterocycles. The van der Waals surface area contributed by atoms with E-state index in [0.29, 0.717) is 6.42 Å². The molecular weight excluding hydrogens is 398 g/mol. The molecule has 0 spiro atoms. The van der Waals surface area contributed by atoms with E-state index in [4.69, 9.17) is 9.15 Å². The lowest BCUT2D eigenvalue weighted by molar-refractivity contribution is -0.189. The summed E-state index contributed by atoms with van der Waals surface area (Å²) in [5, 5.41) is 0. The molecule has 3 nitrogen and oxygen atoms in total. The lowest BCUT2D eigenvalue weighted by atomic mass is 9.73. The molecule has 3 rings (SSSR count). The molecule has 1 aromatic carbocycles. The lowest BCUT2D eigenvalue weighted by Gasteiger charge is -2.39. The maximum absolute atomic E-state index is 14.7. The van der Waals surface area contributed by atoms with Crippen molar-refractivity contribution in [3.8, 4) is 0 Å². The summed E-state index contributed by atoms with van der Waals surface area (Å²) in [6.45, 7) is 3.37. The zero-order chi connectivity index (χ0) is 22.3. The van der Waals surface area contributed by atoms with Gasteiger partial charge in [-0.15, -0.1) is 0 Å². The Hall–Kier alpha value is -2.43. The molecule has 1 aliphatic carbocycles. The molecule has 3 atom stereocenters. The van der Waals surface area contributed by atoms with Gasteiger partial charge in [-0.1, -0.05) is 56.2 Å². The van der Waals surface area contributed by atoms with E-state index in [9.17, 15) is 13.6 Å². The summed E-state index contributed by atoms with van der Waals surface area (Å²) in [4.78, 5) is 11.3. The minimum atomic E-state index is -3.05. The molecular formula is C26H32F2O3. The van der Waals surface area contributed by atoms with E-state index in [0.717, 1.165) is 17.7 Å². The summed E-state index contributed by atoms with van der Waals surface area (Å²) in [5.74, 6) is -3.40. The van der Waals surface area contributed by atoms with Gasteiger partial charge in [-0.2, -0.15) is 0 Å². The Labute approximate surface area is 183 Å². The first-order valence-corrected chi connectivity index (χ1v) is 11.2. The van der Waals surface area contributed by atoms with Crippen LogP contribution in [0.2, 0.25) is 0 Å². The van der Waals surface area contributed by atoms with Crippen LogP contribution in [0.15, 0.2) is 53.2 Å². The fourth-order valence-electron chi connectivity index (χ4n) is 4.33. The van der Waals surface area contributed by atoms with Crippen LogP contribution in [0, 0.1) is 11.8 Å². The first-order valence-electron chi connectivity index (χ1n) is 11.2. The molecule has 168 valence electrons. The quantitative estimate of drug-likeness (QED) is 0.322. The highest BCUT2D eigenvalue weighted by atomic mass is 19.3. The Morgan fingerprint density at radius 2 is 2.00 bits per heavy atom. The van der Waals surface area contributed by atoms with E-state index < -0.39 is 18.0 Å². The molecule has 0 saturated heterocycles. The van der Waals surface area contributed by atoms with E-state index in [1.165, 1.54) is 31.7 Å². The first kappa shape index (κ1) is 23.2. The molecule has 1 aromatic heterocycles. The van der Waals surface area contributed by atoms with Crippen LogP contribution in [-0.2, 0) is 22.4 Å². The highest BCUT2D eigenvalue weighted by Crippen LogP contribution is 2.44. The SMILES string of the molecule is CCCCCc1ccc(/C=C/[C@H]2CC(F)(F)[C@@H](OC(C)=O)C[C@@H]2Cc2ccco2)cc1. The summed E-state index contributed by atoms with van der Waals surface area (Å²) in [6.07, 6.45) is 8.98. The maximum atomic E-state index is 14.7. The molecule has 1 fully saturated rings. The van der Waals surface area contributed by atoms with Gasteiger partial charge in [-0.3, -0.25) is 4.79 Å². The van der Waals surface area contributed by atoms with Crippen LogP contribution in [-0.4, -0.2) is 18.0 Å². The number of benzene rings is 1. The summed E-state index contributed by atoms with van der Waals surface area (Å²) in [6, 6.07) is 12.0. The molecule has 2 aromatic rings. The lowest BCUT2D eigenvalue weighted by Crippen LogP contribution is -2.46. The fourth-order valence-corrected chi connectivity index (χ4v) is 4.33. The van der Waals surface area contributed by atoms with Gasteiger partial charge in [0.15, 0.2) is 6.10 Å². The summed E-state index contributed by atoms with van der Waals surface area (Å²) in [7, 11) is 0. The molecule has 0 radical (unpaired) electrons. The Kier molecular flexibility index (Phi) is 8.05. The highest BCUT2D eigenvalue weighted by molar-refractivity contribution is 5.66. The van der Waals surface area contributed by atoms with Crippen LogP contribution in [0.3, 0.4) is 0 Å². The van der Waals surface area contributed by atoms with Crippen molar-refractivity contribution in [1.29, 1.82) is 0 Å². The molecule has 31 heavy (non-hydrogen) atoms. The fraction of sp³-hybridized carbons (Fsp3) is 0.500. The van der Waals surface area contributed by atoms with Gasteiger partial charge in [0.2, 0.25) is 0 Å². The number of furan rings is 1. The molecule has 1 aliphatic rings. The molecule has 5 heteroatoms. The van der Waals surface area contributed by atoms with Crippen LogP contribution < -0.4 is 0 Å². The van der Waals surface area contributed by atoms with Gasteiger partial charge in [0.25, 0.3) is 5.92 Å². The third kappa shape index (κ3) is 6.78. The number of carbonyl (C=O) groups excluding carboxylic acids is 1. The van der Waals surface area contributed by atoms with Crippen LogP contribution in [0.25, 0.3) is 6.08 Å². The Morgan fingerprint density at radius 3 is 2.65 bits per heavy atom. The second-order valence-electron chi connectivity index (χ2n) is 8.56. The van der Waals surface area contributed by atoms with E-state index in [1.807, 2.05) is 30.4 Å². The Balaban J connectivity index is 1.72. The number of aryl methyl sites for hydroxylation is 1. The molecule has 0 unspecified atom stereocenters. The van der Waals surface area contributed by atoms with Crippen molar-refractivity contribution >= 4 is 12.0 Å². The van der Waals surface area contributed by atoms with Gasteiger partial charge in [0.05, 0.1) is 6.26 Å². The summed E-state index contributed by atoms with van der Waals surface area (Å²) >= 11 is 0. The van der Waals surface area contributed by atoms with E-state index in [2.05, 4.69) is 19.1 Å². The number of ether oxygens (including phenoxy) is 1. The number of allylic oxidation sites excluding steroid dienone is 1. The van der Waals surface area contributed by atoms with E-state index >= 15 is 0 Å². The standard InChI is InChI=1S/C26H32F2O3/c1-3-4-5-7-20-9-11-21(12-10-20)13-14-22-18-26(27,28)25(31-19(2)29)17-23(22)16-24-8-6-15-30-24/h6,8-15,22-23,25H,3-5,7,16-18H2,1-2H3/b14-13+/t22-,23-,25-/m0/s1. The van der Waals surface area contributed by atoms with Gasteiger partial charge in [-0.05, 0) is 54.4 Å². The normalized spacial score (nSPS) is 23.2. The van der Waals surface area contributed by atoms with Gasteiger partial charge >= 0.3 is 5.97 Å².